The highest BCUT2D eigenvalue weighted by Gasteiger charge is 2.09. The Morgan fingerprint density at radius 3 is 2.17 bits per heavy atom. The fourth-order valence-corrected chi connectivity index (χ4v) is 3.96. The van der Waals surface area contributed by atoms with Crippen LogP contribution in [0.25, 0.3) is 11.3 Å². The highest BCUT2D eigenvalue weighted by Crippen LogP contribution is 2.23. The zero-order valence-electron chi connectivity index (χ0n) is 18.6. The number of benzene rings is 1. The van der Waals surface area contributed by atoms with E-state index in [0.29, 0.717) is 6.67 Å². The second-order valence-corrected chi connectivity index (χ2v) is 8.33. The van der Waals surface area contributed by atoms with Gasteiger partial charge in [0.25, 0.3) is 0 Å². The first-order valence-electron chi connectivity index (χ1n) is 11.9. The van der Waals surface area contributed by atoms with Crippen LogP contribution in [0, 0.1) is 0 Å². The van der Waals surface area contributed by atoms with Crippen molar-refractivity contribution in [1.82, 2.24) is 4.98 Å². The van der Waals surface area contributed by atoms with Gasteiger partial charge in [0, 0.05) is 18.0 Å². The lowest BCUT2D eigenvalue weighted by Crippen LogP contribution is -2.20. The average Bonchev–Trinajstić information content (AvgIpc) is 2.81. The molecule has 0 spiro atoms. The molecule has 0 bridgehead atoms. The molecule has 0 unspecified atom stereocenters. The number of unbranched alkanes of at least 4 members (excludes halogenated alkanes) is 9. The molecule has 3 rings (SSSR count). The summed E-state index contributed by atoms with van der Waals surface area (Å²) in [6.07, 6.45) is 21.1. The molecule has 30 heavy (non-hydrogen) atoms. The smallest absolute Gasteiger partial charge is 0.114 e. The van der Waals surface area contributed by atoms with Gasteiger partial charge in [0.1, 0.15) is 6.67 Å². The molecule has 2 heterocycles. The second kappa shape index (κ2) is 13.0. The van der Waals surface area contributed by atoms with E-state index >= 15 is 0 Å². The van der Waals surface area contributed by atoms with Crippen molar-refractivity contribution in [3.8, 4) is 11.3 Å². The monoisotopic (exact) mass is 403 g/mol. The number of hydrogen-bond donors (Lipinski definition) is 0. The summed E-state index contributed by atoms with van der Waals surface area (Å²) in [7, 11) is 0. The number of allylic oxidation sites excluding steroid dienone is 1. The molecule has 1 aromatic heterocycles. The number of rotatable bonds is 13. The van der Waals surface area contributed by atoms with Crippen molar-refractivity contribution in [1.29, 1.82) is 0 Å². The Labute approximate surface area is 183 Å². The van der Waals surface area contributed by atoms with Crippen LogP contribution >= 0.6 is 0 Å². The fraction of sp³-hybridized carbons (Fsp3) is 0.481. The Hall–Kier alpha value is -2.42. The highest BCUT2D eigenvalue weighted by molar-refractivity contribution is 5.81. The summed E-state index contributed by atoms with van der Waals surface area (Å²) in [6.45, 7) is 2.96. The normalized spacial score (nSPS) is 13.5. The van der Waals surface area contributed by atoms with Gasteiger partial charge in [0.2, 0.25) is 0 Å². The van der Waals surface area contributed by atoms with Crippen molar-refractivity contribution < 1.29 is 0 Å². The van der Waals surface area contributed by atoms with Gasteiger partial charge in [-0.3, -0.25) is 9.98 Å². The van der Waals surface area contributed by atoms with E-state index in [1.165, 1.54) is 69.8 Å². The Bertz CT molecular complexity index is 778. The molecule has 0 saturated heterocycles. The number of nitrogens with zero attached hydrogens (tertiary/aromatic N) is 3. The maximum Gasteiger partial charge on any atom is 0.114 e. The van der Waals surface area contributed by atoms with E-state index in [1.54, 1.807) is 0 Å². The summed E-state index contributed by atoms with van der Waals surface area (Å²) in [5.41, 5.74) is 4.59. The van der Waals surface area contributed by atoms with Crippen molar-refractivity contribution in [3.63, 3.8) is 0 Å². The molecule has 1 aliphatic rings. The van der Waals surface area contributed by atoms with Gasteiger partial charge in [0.15, 0.2) is 0 Å². The van der Waals surface area contributed by atoms with Gasteiger partial charge in [-0.25, -0.2) is 0 Å². The minimum Gasteiger partial charge on any atom is -0.326 e. The zero-order chi connectivity index (χ0) is 20.9. The van der Waals surface area contributed by atoms with E-state index in [2.05, 4.69) is 58.5 Å². The van der Waals surface area contributed by atoms with Gasteiger partial charge in [0.05, 0.1) is 17.6 Å². The summed E-state index contributed by atoms with van der Waals surface area (Å²) >= 11 is 0. The Kier molecular flexibility index (Phi) is 9.65. The second-order valence-electron chi connectivity index (χ2n) is 8.33. The van der Waals surface area contributed by atoms with Crippen LogP contribution in [0.2, 0.25) is 0 Å². The first-order valence-corrected chi connectivity index (χ1v) is 11.9. The number of pyridine rings is 1. The van der Waals surface area contributed by atoms with E-state index in [9.17, 15) is 0 Å². The summed E-state index contributed by atoms with van der Waals surface area (Å²) in [5.74, 6) is 0. The molecule has 0 amide bonds. The molecule has 0 atom stereocenters. The van der Waals surface area contributed by atoms with Gasteiger partial charge >= 0.3 is 0 Å². The fourth-order valence-electron chi connectivity index (χ4n) is 3.96. The van der Waals surface area contributed by atoms with Crippen LogP contribution in [0.1, 0.15) is 77.6 Å². The van der Waals surface area contributed by atoms with Gasteiger partial charge in [-0.1, -0.05) is 95.0 Å². The number of anilines is 1. The number of aliphatic imine (C=N–C) groups is 1. The Morgan fingerprint density at radius 1 is 0.800 bits per heavy atom. The Morgan fingerprint density at radius 2 is 1.50 bits per heavy atom. The summed E-state index contributed by atoms with van der Waals surface area (Å²) in [6, 6.07) is 14.6. The molecule has 3 heteroatoms. The maximum absolute atomic E-state index is 4.65. The quantitative estimate of drug-likeness (QED) is 0.319. The number of hydrogen-bond acceptors (Lipinski definition) is 3. The molecule has 160 valence electrons. The van der Waals surface area contributed by atoms with Crippen LogP contribution in [0.4, 0.5) is 5.69 Å². The standard InChI is InChI=1S/C27H37N3/c1-2-3-4-5-6-7-8-9-10-12-15-24-20-28-23-30(22-24)26-18-19-27(29-21-26)25-16-13-11-14-17-25/h11,13-14,16-22H,2-10,12,15,23H2,1H3. The zero-order valence-corrected chi connectivity index (χ0v) is 18.6. The highest BCUT2D eigenvalue weighted by atomic mass is 15.2. The molecule has 1 aliphatic heterocycles. The van der Waals surface area contributed by atoms with Gasteiger partial charge < -0.3 is 4.90 Å². The molecule has 1 aromatic carbocycles. The topological polar surface area (TPSA) is 28.5 Å². The molecule has 0 radical (unpaired) electrons. The van der Waals surface area contributed by atoms with Crippen LogP contribution in [0.15, 0.2) is 65.4 Å². The van der Waals surface area contributed by atoms with Crippen molar-refractivity contribution in [3.05, 3.63) is 60.4 Å². The third-order valence-electron chi connectivity index (χ3n) is 5.78. The Balaban J connectivity index is 1.38. The lowest BCUT2D eigenvalue weighted by Gasteiger charge is -2.22. The predicted octanol–water partition coefficient (Wildman–Crippen LogP) is 7.79. The maximum atomic E-state index is 4.65. The van der Waals surface area contributed by atoms with Gasteiger partial charge in [-0.15, -0.1) is 0 Å². The van der Waals surface area contributed by atoms with Crippen LogP contribution in [0.3, 0.4) is 0 Å². The lowest BCUT2D eigenvalue weighted by molar-refractivity contribution is 0.557. The van der Waals surface area contributed by atoms with E-state index < -0.39 is 0 Å². The third-order valence-corrected chi connectivity index (χ3v) is 5.78. The molecule has 0 fully saturated rings. The van der Waals surface area contributed by atoms with E-state index in [1.807, 2.05) is 24.4 Å². The molecule has 0 aliphatic carbocycles. The molecule has 2 aromatic rings. The lowest BCUT2D eigenvalue weighted by atomic mass is 10.0. The minimum atomic E-state index is 0.674. The summed E-state index contributed by atoms with van der Waals surface area (Å²) in [5, 5.41) is 0. The van der Waals surface area contributed by atoms with Crippen LogP contribution in [-0.2, 0) is 0 Å². The van der Waals surface area contributed by atoms with Crippen molar-refractivity contribution in [2.75, 3.05) is 11.6 Å². The first-order chi connectivity index (χ1) is 14.9. The van der Waals surface area contributed by atoms with Crippen LogP contribution < -0.4 is 4.90 Å². The molecule has 0 saturated carbocycles. The van der Waals surface area contributed by atoms with E-state index in [-0.39, 0.29) is 0 Å². The predicted molar refractivity (Wildman–Crippen MR) is 130 cm³/mol. The third kappa shape index (κ3) is 7.44. The first kappa shape index (κ1) is 22.3. The molecular formula is C27H37N3. The van der Waals surface area contributed by atoms with Gasteiger partial charge in [-0.05, 0) is 30.5 Å². The molecular weight excluding hydrogens is 366 g/mol. The van der Waals surface area contributed by atoms with Crippen LogP contribution in [-0.4, -0.2) is 17.9 Å². The molecule has 3 nitrogen and oxygen atoms in total. The van der Waals surface area contributed by atoms with Crippen molar-refractivity contribution in [2.45, 2.75) is 77.6 Å². The summed E-state index contributed by atoms with van der Waals surface area (Å²) in [4.78, 5) is 11.4. The van der Waals surface area contributed by atoms with E-state index in [0.717, 1.165) is 23.4 Å². The van der Waals surface area contributed by atoms with Crippen molar-refractivity contribution in [2.24, 2.45) is 4.99 Å². The average molecular weight is 404 g/mol. The van der Waals surface area contributed by atoms with Crippen LogP contribution in [0.5, 0.6) is 0 Å². The van der Waals surface area contributed by atoms with Crippen molar-refractivity contribution >= 4 is 11.9 Å². The molecule has 0 N–H and O–H groups in total. The van der Waals surface area contributed by atoms with E-state index in [4.69, 9.17) is 0 Å². The number of aromatic nitrogens is 1. The minimum absolute atomic E-state index is 0.674. The van der Waals surface area contributed by atoms with Gasteiger partial charge in [-0.2, -0.15) is 0 Å². The summed E-state index contributed by atoms with van der Waals surface area (Å²) < 4.78 is 0. The SMILES string of the molecule is CCCCCCCCCCCCC1=CN(c2ccc(-c3ccccc3)nc2)CN=C1. The largest absolute Gasteiger partial charge is 0.326 e.